The molecule has 0 aliphatic carbocycles. The Bertz CT molecular complexity index is 968. The molecule has 1 fully saturated rings. The number of morpholine rings is 1. The lowest BCUT2D eigenvalue weighted by Gasteiger charge is -2.31. The second-order valence-corrected chi connectivity index (χ2v) is 7.24. The van der Waals surface area contributed by atoms with E-state index in [2.05, 4.69) is 5.10 Å². The summed E-state index contributed by atoms with van der Waals surface area (Å²) in [6.45, 7) is 2.77. The van der Waals surface area contributed by atoms with Crippen LogP contribution in [0.5, 0.6) is 5.75 Å². The second-order valence-electron chi connectivity index (χ2n) is 7.24. The minimum atomic E-state index is -0.686. The molecule has 0 radical (unpaired) electrons. The van der Waals surface area contributed by atoms with Gasteiger partial charge < -0.3 is 24.0 Å². The SMILES string of the molecule is COC(=O)c1nn2c(c1OCc1ccccc1)C(=O)N(CC(=O)N1CCOCC1)CC2. The van der Waals surface area contributed by atoms with Gasteiger partial charge in [0, 0.05) is 19.6 Å². The van der Waals surface area contributed by atoms with Crippen molar-refractivity contribution < 1.29 is 28.6 Å². The lowest BCUT2D eigenvalue weighted by Crippen LogP contribution is -2.49. The Morgan fingerprint density at radius 1 is 1.10 bits per heavy atom. The first-order valence-electron chi connectivity index (χ1n) is 10.1. The molecule has 1 aromatic heterocycles. The van der Waals surface area contributed by atoms with E-state index in [0.29, 0.717) is 39.4 Å². The highest BCUT2D eigenvalue weighted by Crippen LogP contribution is 2.29. The Labute approximate surface area is 179 Å². The molecule has 2 aliphatic heterocycles. The van der Waals surface area contributed by atoms with Crippen molar-refractivity contribution in [2.45, 2.75) is 13.2 Å². The number of fused-ring (bicyclic) bond motifs is 1. The molecule has 1 saturated heterocycles. The van der Waals surface area contributed by atoms with Crippen molar-refractivity contribution in [3.8, 4) is 5.75 Å². The largest absolute Gasteiger partial charge is 0.484 e. The van der Waals surface area contributed by atoms with Crippen molar-refractivity contribution in [1.29, 1.82) is 0 Å². The van der Waals surface area contributed by atoms with E-state index in [-0.39, 0.29) is 36.2 Å². The van der Waals surface area contributed by atoms with Gasteiger partial charge in [-0.1, -0.05) is 30.3 Å². The monoisotopic (exact) mass is 428 g/mol. The fourth-order valence-electron chi connectivity index (χ4n) is 3.61. The Balaban J connectivity index is 1.56. The normalized spacial score (nSPS) is 16.1. The maximum absolute atomic E-state index is 13.2. The number of esters is 1. The molecule has 4 rings (SSSR count). The zero-order chi connectivity index (χ0) is 21.8. The fourth-order valence-corrected chi connectivity index (χ4v) is 3.61. The van der Waals surface area contributed by atoms with Crippen LogP contribution in [0.2, 0.25) is 0 Å². The smallest absolute Gasteiger partial charge is 0.362 e. The van der Waals surface area contributed by atoms with E-state index in [1.54, 1.807) is 4.90 Å². The first-order valence-corrected chi connectivity index (χ1v) is 10.1. The van der Waals surface area contributed by atoms with Crippen LogP contribution in [0.4, 0.5) is 0 Å². The molecule has 1 aromatic carbocycles. The van der Waals surface area contributed by atoms with Crippen molar-refractivity contribution >= 4 is 17.8 Å². The number of benzene rings is 1. The minimum Gasteiger partial charge on any atom is -0.484 e. The fraction of sp³-hybridized carbons (Fsp3) is 0.429. The average Bonchev–Trinajstić information content (AvgIpc) is 3.19. The highest BCUT2D eigenvalue weighted by molar-refractivity contribution is 6.02. The molecule has 0 atom stereocenters. The molecule has 0 bridgehead atoms. The van der Waals surface area contributed by atoms with Crippen molar-refractivity contribution in [2.24, 2.45) is 0 Å². The van der Waals surface area contributed by atoms with Gasteiger partial charge in [0.1, 0.15) is 13.2 Å². The zero-order valence-electron chi connectivity index (χ0n) is 17.3. The molecule has 0 spiro atoms. The van der Waals surface area contributed by atoms with E-state index < -0.39 is 11.9 Å². The Morgan fingerprint density at radius 2 is 1.84 bits per heavy atom. The number of amides is 2. The predicted molar refractivity (Wildman–Crippen MR) is 108 cm³/mol. The van der Waals surface area contributed by atoms with Crippen LogP contribution < -0.4 is 4.74 Å². The van der Waals surface area contributed by atoms with Gasteiger partial charge >= 0.3 is 5.97 Å². The van der Waals surface area contributed by atoms with E-state index in [1.807, 2.05) is 30.3 Å². The lowest BCUT2D eigenvalue weighted by molar-refractivity contribution is -0.136. The van der Waals surface area contributed by atoms with Crippen LogP contribution in [0.25, 0.3) is 0 Å². The quantitative estimate of drug-likeness (QED) is 0.620. The number of carbonyl (C=O) groups is 3. The van der Waals surface area contributed by atoms with Crippen LogP contribution in [-0.2, 0) is 27.4 Å². The Hall–Kier alpha value is -3.40. The molecule has 0 N–H and O–H groups in total. The highest BCUT2D eigenvalue weighted by atomic mass is 16.5. The number of hydrogen-bond acceptors (Lipinski definition) is 7. The highest BCUT2D eigenvalue weighted by Gasteiger charge is 2.36. The topological polar surface area (TPSA) is 103 Å². The summed E-state index contributed by atoms with van der Waals surface area (Å²) in [5.41, 5.74) is 0.973. The summed E-state index contributed by atoms with van der Waals surface area (Å²) in [6, 6.07) is 9.39. The van der Waals surface area contributed by atoms with Crippen LogP contribution in [0.1, 0.15) is 26.5 Å². The van der Waals surface area contributed by atoms with Gasteiger partial charge in [0.15, 0.2) is 11.4 Å². The summed E-state index contributed by atoms with van der Waals surface area (Å²) < 4.78 is 17.4. The summed E-state index contributed by atoms with van der Waals surface area (Å²) in [5, 5.41) is 4.25. The summed E-state index contributed by atoms with van der Waals surface area (Å²) in [6.07, 6.45) is 0. The van der Waals surface area contributed by atoms with E-state index in [9.17, 15) is 14.4 Å². The average molecular weight is 428 g/mol. The van der Waals surface area contributed by atoms with Gasteiger partial charge in [-0.25, -0.2) is 4.79 Å². The summed E-state index contributed by atoms with van der Waals surface area (Å²) >= 11 is 0. The molecular weight excluding hydrogens is 404 g/mol. The molecule has 0 saturated carbocycles. The molecular formula is C21H24N4O6. The van der Waals surface area contributed by atoms with Crippen LogP contribution in [-0.4, -0.2) is 83.9 Å². The van der Waals surface area contributed by atoms with E-state index in [0.717, 1.165) is 5.56 Å². The van der Waals surface area contributed by atoms with Crippen LogP contribution in [0, 0.1) is 0 Å². The van der Waals surface area contributed by atoms with Gasteiger partial charge in [0.05, 0.1) is 26.9 Å². The third-order valence-corrected chi connectivity index (χ3v) is 5.28. The zero-order valence-corrected chi connectivity index (χ0v) is 17.3. The van der Waals surface area contributed by atoms with Gasteiger partial charge in [0.25, 0.3) is 5.91 Å². The van der Waals surface area contributed by atoms with Crippen molar-refractivity contribution in [3.05, 3.63) is 47.3 Å². The van der Waals surface area contributed by atoms with Crippen LogP contribution in [0.15, 0.2) is 30.3 Å². The third kappa shape index (κ3) is 4.38. The maximum Gasteiger partial charge on any atom is 0.362 e. The van der Waals surface area contributed by atoms with Crippen molar-refractivity contribution in [2.75, 3.05) is 46.5 Å². The predicted octanol–water partition coefficient (Wildman–Crippen LogP) is 0.563. The van der Waals surface area contributed by atoms with E-state index >= 15 is 0 Å². The van der Waals surface area contributed by atoms with E-state index in [1.165, 1.54) is 16.7 Å². The summed E-state index contributed by atoms with van der Waals surface area (Å²) in [5.74, 6) is -1.15. The van der Waals surface area contributed by atoms with Gasteiger partial charge in [-0.3, -0.25) is 14.3 Å². The summed E-state index contributed by atoms with van der Waals surface area (Å²) in [4.78, 5) is 41.3. The van der Waals surface area contributed by atoms with Gasteiger partial charge in [0.2, 0.25) is 11.6 Å². The molecule has 10 nitrogen and oxygen atoms in total. The molecule has 2 aromatic rings. The number of nitrogens with zero attached hydrogens (tertiary/aromatic N) is 4. The Kier molecular flexibility index (Phi) is 6.17. The van der Waals surface area contributed by atoms with Crippen molar-refractivity contribution in [1.82, 2.24) is 19.6 Å². The van der Waals surface area contributed by atoms with Gasteiger partial charge in [-0.05, 0) is 5.56 Å². The second kappa shape index (κ2) is 9.17. The van der Waals surface area contributed by atoms with Gasteiger partial charge in [-0.15, -0.1) is 0 Å². The molecule has 31 heavy (non-hydrogen) atoms. The summed E-state index contributed by atoms with van der Waals surface area (Å²) in [7, 11) is 1.25. The molecule has 2 aliphatic rings. The molecule has 164 valence electrons. The minimum absolute atomic E-state index is 0.0459. The van der Waals surface area contributed by atoms with E-state index in [4.69, 9.17) is 14.2 Å². The number of rotatable bonds is 6. The third-order valence-electron chi connectivity index (χ3n) is 5.28. The van der Waals surface area contributed by atoms with Crippen molar-refractivity contribution in [3.63, 3.8) is 0 Å². The number of hydrogen-bond donors (Lipinski definition) is 0. The lowest BCUT2D eigenvalue weighted by atomic mass is 10.2. The first-order chi connectivity index (χ1) is 15.1. The molecule has 10 heteroatoms. The number of methoxy groups -OCH3 is 1. The number of ether oxygens (including phenoxy) is 3. The number of aromatic nitrogens is 2. The standard InChI is InChI=1S/C21H24N4O6/c1-29-21(28)17-19(31-14-15-5-3-2-4-6-15)18-20(27)24(7-8-25(18)22-17)13-16(26)23-9-11-30-12-10-23/h2-6H,7-14H2,1H3. The molecule has 2 amide bonds. The first kappa shape index (κ1) is 20.9. The Morgan fingerprint density at radius 3 is 2.55 bits per heavy atom. The van der Waals surface area contributed by atoms with Gasteiger partial charge in [-0.2, -0.15) is 5.10 Å². The molecule has 3 heterocycles. The maximum atomic E-state index is 13.2. The number of carbonyl (C=O) groups excluding carboxylic acids is 3. The van der Waals surface area contributed by atoms with Crippen LogP contribution in [0.3, 0.4) is 0 Å². The van der Waals surface area contributed by atoms with Crippen LogP contribution >= 0.6 is 0 Å². The molecule has 0 unspecified atom stereocenters.